The molecule has 1 aliphatic heterocycles. The van der Waals surface area contributed by atoms with Gasteiger partial charge in [0.1, 0.15) is 5.82 Å². The molecule has 3 rings (SSSR count). The molecule has 3 nitrogen and oxygen atoms in total. The summed E-state index contributed by atoms with van der Waals surface area (Å²) in [5.74, 6) is 1.12. The van der Waals surface area contributed by atoms with Crippen LogP contribution in [0.5, 0.6) is 11.5 Å². The van der Waals surface area contributed by atoms with Crippen LogP contribution in [0.25, 0.3) is 0 Å². The first-order chi connectivity index (χ1) is 9.20. The van der Waals surface area contributed by atoms with Gasteiger partial charge in [0.2, 0.25) is 6.79 Å². The van der Waals surface area contributed by atoms with Crippen LogP contribution in [0.1, 0.15) is 5.56 Å². The summed E-state index contributed by atoms with van der Waals surface area (Å²) in [6.07, 6.45) is 0. The van der Waals surface area contributed by atoms with E-state index in [0.29, 0.717) is 17.3 Å². The van der Waals surface area contributed by atoms with E-state index in [9.17, 15) is 4.39 Å². The highest BCUT2D eigenvalue weighted by atomic mass is 35.5. The lowest BCUT2D eigenvalue weighted by Crippen LogP contribution is -1.99. The Labute approximate surface area is 114 Å². The summed E-state index contributed by atoms with van der Waals surface area (Å²) in [4.78, 5) is 0. The Morgan fingerprint density at radius 3 is 2.79 bits per heavy atom. The maximum Gasteiger partial charge on any atom is 0.231 e. The smallest absolute Gasteiger partial charge is 0.231 e. The van der Waals surface area contributed by atoms with Crippen LogP contribution < -0.4 is 14.8 Å². The average Bonchev–Trinajstić information content (AvgIpc) is 2.82. The summed E-state index contributed by atoms with van der Waals surface area (Å²) in [7, 11) is 0. The van der Waals surface area contributed by atoms with E-state index in [1.165, 1.54) is 12.1 Å². The van der Waals surface area contributed by atoms with Crippen LogP contribution in [0.2, 0.25) is 5.02 Å². The molecule has 0 bridgehead atoms. The molecule has 0 saturated heterocycles. The molecular weight excluding hydrogens is 269 g/mol. The van der Waals surface area contributed by atoms with Crippen molar-refractivity contribution in [1.29, 1.82) is 0 Å². The third-order valence-electron chi connectivity index (χ3n) is 2.80. The summed E-state index contributed by atoms with van der Waals surface area (Å²) in [5.41, 5.74) is 1.66. The molecule has 0 atom stereocenters. The molecule has 2 aromatic rings. The Morgan fingerprint density at radius 2 is 1.95 bits per heavy atom. The summed E-state index contributed by atoms with van der Waals surface area (Å²) in [6.45, 7) is 0.808. The van der Waals surface area contributed by atoms with E-state index in [0.717, 1.165) is 17.1 Å². The van der Waals surface area contributed by atoms with E-state index in [4.69, 9.17) is 21.1 Å². The number of halogens is 2. The fourth-order valence-electron chi connectivity index (χ4n) is 1.91. The van der Waals surface area contributed by atoms with Crippen LogP contribution in [0.15, 0.2) is 36.4 Å². The van der Waals surface area contributed by atoms with E-state index in [1.807, 2.05) is 18.2 Å². The number of nitrogens with one attached hydrogen (secondary N) is 1. The minimum atomic E-state index is -0.360. The molecule has 0 aromatic heterocycles. The number of hydrogen-bond donors (Lipinski definition) is 1. The Kier molecular flexibility index (Phi) is 3.17. The molecule has 0 fully saturated rings. The van der Waals surface area contributed by atoms with E-state index in [-0.39, 0.29) is 12.6 Å². The van der Waals surface area contributed by atoms with Gasteiger partial charge < -0.3 is 14.8 Å². The minimum Gasteiger partial charge on any atom is -0.454 e. The SMILES string of the molecule is Fc1cc(Cl)cc(NCc2ccc3c(c2)OCO3)c1. The zero-order valence-electron chi connectivity index (χ0n) is 9.95. The predicted octanol–water partition coefficient (Wildman–Crippen LogP) is 3.82. The molecule has 1 heterocycles. The number of ether oxygens (including phenoxy) is 2. The lowest BCUT2D eigenvalue weighted by Gasteiger charge is -2.08. The highest BCUT2D eigenvalue weighted by molar-refractivity contribution is 6.30. The quantitative estimate of drug-likeness (QED) is 0.926. The van der Waals surface area contributed by atoms with Crippen molar-refractivity contribution in [1.82, 2.24) is 0 Å². The predicted molar refractivity (Wildman–Crippen MR) is 71.3 cm³/mol. The van der Waals surface area contributed by atoms with E-state index in [1.54, 1.807) is 6.07 Å². The van der Waals surface area contributed by atoms with Gasteiger partial charge >= 0.3 is 0 Å². The molecule has 0 saturated carbocycles. The standard InChI is InChI=1S/C14H11ClFNO2/c15-10-4-11(16)6-12(5-10)17-7-9-1-2-13-14(3-9)19-8-18-13/h1-6,17H,7-8H2. The number of benzene rings is 2. The average molecular weight is 280 g/mol. The molecule has 98 valence electrons. The van der Waals surface area contributed by atoms with Gasteiger partial charge in [-0.1, -0.05) is 17.7 Å². The van der Waals surface area contributed by atoms with Crippen LogP contribution in [0.4, 0.5) is 10.1 Å². The molecule has 1 aliphatic rings. The van der Waals surface area contributed by atoms with Crippen LogP contribution in [-0.2, 0) is 6.54 Å². The first-order valence-electron chi connectivity index (χ1n) is 5.79. The lowest BCUT2D eigenvalue weighted by atomic mass is 10.2. The molecule has 0 spiro atoms. The largest absolute Gasteiger partial charge is 0.454 e. The Balaban J connectivity index is 1.72. The van der Waals surface area contributed by atoms with Crippen LogP contribution in [0.3, 0.4) is 0 Å². The van der Waals surface area contributed by atoms with Crippen LogP contribution in [0, 0.1) is 5.82 Å². The topological polar surface area (TPSA) is 30.5 Å². The van der Waals surface area contributed by atoms with Gasteiger partial charge in [-0.3, -0.25) is 0 Å². The van der Waals surface area contributed by atoms with Crippen molar-refractivity contribution in [3.05, 3.63) is 52.8 Å². The van der Waals surface area contributed by atoms with Gasteiger partial charge in [-0.25, -0.2) is 4.39 Å². The second kappa shape index (κ2) is 4.97. The summed E-state index contributed by atoms with van der Waals surface area (Å²) in [5, 5.41) is 3.48. The lowest BCUT2D eigenvalue weighted by molar-refractivity contribution is 0.174. The number of hydrogen-bond acceptors (Lipinski definition) is 3. The Morgan fingerprint density at radius 1 is 1.11 bits per heavy atom. The second-order valence-corrected chi connectivity index (χ2v) is 4.64. The Bertz CT molecular complexity index is 598. The van der Waals surface area contributed by atoms with Crippen LogP contribution in [-0.4, -0.2) is 6.79 Å². The van der Waals surface area contributed by atoms with Gasteiger partial charge in [0.25, 0.3) is 0 Å². The van der Waals surface area contributed by atoms with Gasteiger partial charge in [-0.2, -0.15) is 0 Å². The molecule has 0 aliphatic carbocycles. The van der Waals surface area contributed by atoms with Crippen molar-refractivity contribution in [3.8, 4) is 11.5 Å². The van der Waals surface area contributed by atoms with Crippen molar-refractivity contribution >= 4 is 17.3 Å². The van der Waals surface area contributed by atoms with Crippen molar-refractivity contribution in [2.24, 2.45) is 0 Å². The van der Waals surface area contributed by atoms with Crippen molar-refractivity contribution in [2.45, 2.75) is 6.54 Å². The zero-order chi connectivity index (χ0) is 13.2. The molecule has 5 heteroatoms. The number of rotatable bonds is 3. The van der Waals surface area contributed by atoms with Crippen molar-refractivity contribution < 1.29 is 13.9 Å². The van der Waals surface area contributed by atoms with Gasteiger partial charge in [-0.05, 0) is 35.9 Å². The van der Waals surface area contributed by atoms with Crippen LogP contribution >= 0.6 is 11.6 Å². The first kappa shape index (κ1) is 12.1. The molecule has 2 aromatic carbocycles. The minimum absolute atomic E-state index is 0.256. The van der Waals surface area contributed by atoms with Gasteiger partial charge in [0.05, 0.1) is 0 Å². The molecule has 19 heavy (non-hydrogen) atoms. The normalized spacial score (nSPS) is 12.5. The molecule has 0 amide bonds. The maximum atomic E-state index is 13.2. The monoisotopic (exact) mass is 279 g/mol. The molecule has 1 N–H and O–H groups in total. The molecule has 0 radical (unpaired) electrons. The first-order valence-corrected chi connectivity index (χ1v) is 6.17. The van der Waals surface area contributed by atoms with E-state index >= 15 is 0 Å². The fraction of sp³-hybridized carbons (Fsp3) is 0.143. The molecular formula is C14H11ClFNO2. The molecule has 0 unspecified atom stereocenters. The third-order valence-corrected chi connectivity index (χ3v) is 3.01. The second-order valence-electron chi connectivity index (χ2n) is 4.20. The maximum absolute atomic E-state index is 13.2. The number of anilines is 1. The summed E-state index contributed by atoms with van der Waals surface area (Å²) in [6, 6.07) is 10.0. The van der Waals surface area contributed by atoms with Gasteiger partial charge in [0.15, 0.2) is 11.5 Å². The highest BCUT2D eigenvalue weighted by Gasteiger charge is 2.12. The third kappa shape index (κ3) is 2.74. The summed E-state index contributed by atoms with van der Waals surface area (Å²) < 4.78 is 23.7. The van der Waals surface area contributed by atoms with Crippen molar-refractivity contribution in [3.63, 3.8) is 0 Å². The van der Waals surface area contributed by atoms with Crippen molar-refractivity contribution in [2.75, 3.05) is 12.1 Å². The summed E-state index contributed by atoms with van der Waals surface area (Å²) >= 11 is 5.79. The fourth-order valence-corrected chi connectivity index (χ4v) is 2.13. The highest BCUT2D eigenvalue weighted by Crippen LogP contribution is 2.32. The van der Waals surface area contributed by atoms with Gasteiger partial charge in [0, 0.05) is 17.3 Å². The zero-order valence-corrected chi connectivity index (χ0v) is 10.7. The van der Waals surface area contributed by atoms with E-state index in [2.05, 4.69) is 5.32 Å². The van der Waals surface area contributed by atoms with E-state index < -0.39 is 0 Å². The Hall–Kier alpha value is -1.94. The van der Waals surface area contributed by atoms with Gasteiger partial charge in [-0.15, -0.1) is 0 Å². The number of fused-ring (bicyclic) bond motifs is 1.